The summed E-state index contributed by atoms with van der Waals surface area (Å²) >= 11 is 0. The summed E-state index contributed by atoms with van der Waals surface area (Å²) in [5.41, 5.74) is 1.20. The van der Waals surface area contributed by atoms with Gasteiger partial charge in [-0.15, -0.1) is 5.10 Å². The highest BCUT2D eigenvalue weighted by Crippen LogP contribution is 2.35. The van der Waals surface area contributed by atoms with Crippen LogP contribution in [0.5, 0.6) is 0 Å². The summed E-state index contributed by atoms with van der Waals surface area (Å²) < 4.78 is 5.91. The molecule has 6 nitrogen and oxygen atoms in total. The third-order valence-electron chi connectivity index (χ3n) is 5.12. The number of aliphatic hydroxyl groups excluding tert-OH is 1. The van der Waals surface area contributed by atoms with E-state index in [0.717, 1.165) is 51.0 Å². The first kappa shape index (κ1) is 18.7. The number of allylic oxidation sites excluding steroid dienone is 2. The molecule has 3 unspecified atom stereocenters. The van der Waals surface area contributed by atoms with Crippen molar-refractivity contribution in [1.29, 1.82) is 0 Å². The highest BCUT2D eigenvalue weighted by atomic mass is 16.5. The lowest BCUT2D eigenvalue weighted by atomic mass is 9.92. The Morgan fingerprint density at radius 2 is 2.08 bits per heavy atom. The average Bonchev–Trinajstić information content (AvgIpc) is 3.30. The van der Waals surface area contributed by atoms with Gasteiger partial charge in [0.1, 0.15) is 5.82 Å². The molecular weight excluding hydrogens is 328 g/mol. The SMILES string of the molecule is OC1CCC(COCc2ccccc2)C1C/C=C\CCCc1nnn[nH]1. The molecule has 0 saturated heterocycles. The van der Waals surface area contributed by atoms with Crippen LogP contribution in [0, 0.1) is 11.8 Å². The molecule has 1 fully saturated rings. The first-order valence-electron chi connectivity index (χ1n) is 9.50. The van der Waals surface area contributed by atoms with E-state index in [4.69, 9.17) is 4.74 Å². The zero-order chi connectivity index (χ0) is 18.0. The number of nitrogens with one attached hydrogen (secondary N) is 1. The molecule has 2 N–H and O–H groups in total. The topological polar surface area (TPSA) is 83.9 Å². The Morgan fingerprint density at radius 1 is 1.19 bits per heavy atom. The quantitative estimate of drug-likeness (QED) is 0.505. The van der Waals surface area contributed by atoms with Crippen molar-refractivity contribution >= 4 is 0 Å². The molecule has 1 aromatic heterocycles. The summed E-state index contributed by atoms with van der Waals surface area (Å²) in [6, 6.07) is 10.2. The molecule has 1 aliphatic rings. The molecule has 3 rings (SSSR count). The van der Waals surface area contributed by atoms with Crippen LogP contribution >= 0.6 is 0 Å². The minimum absolute atomic E-state index is 0.203. The van der Waals surface area contributed by atoms with Crippen molar-refractivity contribution in [2.24, 2.45) is 11.8 Å². The highest BCUT2D eigenvalue weighted by molar-refractivity contribution is 5.13. The standard InChI is InChI=1S/C20H28N4O2/c25-19-13-12-17(15-26-14-16-8-4-3-5-9-16)18(19)10-6-1-2-7-11-20-21-23-24-22-20/h1,3-6,8-9,17-19,25H,2,7,10-15H2,(H,21,22,23,24)/b6-1-. The van der Waals surface area contributed by atoms with Crippen molar-refractivity contribution in [3.8, 4) is 0 Å². The summed E-state index contributed by atoms with van der Waals surface area (Å²) in [6.45, 7) is 1.37. The molecular formula is C20H28N4O2. The zero-order valence-corrected chi connectivity index (χ0v) is 15.1. The summed E-state index contributed by atoms with van der Waals surface area (Å²) in [6.07, 6.45) is 9.94. The van der Waals surface area contributed by atoms with E-state index in [1.807, 2.05) is 18.2 Å². The van der Waals surface area contributed by atoms with Gasteiger partial charge in [0.25, 0.3) is 0 Å². The Bertz CT molecular complexity index is 645. The maximum atomic E-state index is 10.3. The lowest BCUT2D eigenvalue weighted by Crippen LogP contribution is -2.22. The predicted molar refractivity (Wildman–Crippen MR) is 99.2 cm³/mol. The largest absolute Gasteiger partial charge is 0.393 e. The normalized spacial score (nSPS) is 23.0. The van der Waals surface area contributed by atoms with E-state index in [9.17, 15) is 5.11 Å². The molecule has 2 aromatic rings. The summed E-state index contributed by atoms with van der Waals surface area (Å²) in [7, 11) is 0. The number of ether oxygens (including phenoxy) is 1. The average molecular weight is 356 g/mol. The fraction of sp³-hybridized carbons (Fsp3) is 0.550. The molecule has 0 bridgehead atoms. The molecule has 0 radical (unpaired) electrons. The number of aromatic amines is 1. The Kier molecular flexibility index (Phi) is 7.34. The van der Waals surface area contributed by atoms with Crippen LogP contribution in [0.15, 0.2) is 42.5 Å². The van der Waals surface area contributed by atoms with E-state index in [2.05, 4.69) is 44.9 Å². The highest BCUT2D eigenvalue weighted by Gasteiger charge is 2.33. The maximum Gasteiger partial charge on any atom is 0.148 e. The van der Waals surface area contributed by atoms with Crippen LogP contribution in [0.25, 0.3) is 0 Å². The van der Waals surface area contributed by atoms with Crippen molar-refractivity contribution in [2.75, 3.05) is 6.61 Å². The van der Waals surface area contributed by atoms with Crippen molar-refractivity contribution in [2.45, 2.75) is 51.2 Å². The second kappa shape index (κ2) is 10.2. The minimum atomic E-state index is -0.203. The molecule has 0 spiro atoms. The van der Waals surface area contributed by atoms with Crippen molar-refractivity contribution in [1.82, 2.24) is 20.6 Å². The third kappa shape index (κ3) is 5.75. The molecule has 6 heteroatoms. The van der Waals surface area contributed by atoms with E-state index in [0.29, 0.717) is 18.4 Å². The molecule has 1 aliphatic carbocycles. The van der Waals surface area contributed by atoms with Crippen LogP contribution in [0.1, 0.15) is 43.5 Å². The molecule has 140 valence electrons. The number of aryl methyl sites for hydroxylation is 1. The molecule has 0 aliphatic heterocycles. The number of aliphatic hydroxyl groups is 1. The fourth-order valence-electron chi connectivity index (χ4n) is 3.63. The lowest BCUT2D eigenvalue weighted by Gasteiger charge is -2.20. The molecule has 3 atom stereocenters. The van der Waals surface area contributed by atoms with Crippen molar-refractivity contribution in [3.63, 3.8) is 0 Å². The minimum Gasteiger partial charge on any atom is -0.393 e. The number of hydrogen-bond donors (Lipinski definition) is 2. The van der Waals surface area contributed by atoms with Gasteiger partial charge < -0.3 is 9.84 Å². The number of H-pyrrole nitrogens is 1. The van der Waals surface area contributed by atoms with Gasteiger partial charge in [0.15, 0.2) is 0 Å². The smallest absolute Gasteiger partial charge is 0.148 e. The maximum absolute atomic E-state index is 10.3. The van der Waals surface area contributed by atoms with Crippen molar-refractivity contribution in [3.05, 3.63) is 53.9 Å². The molecule has 26 heavy (non-hydrogen) atoms. The Labute approximate surface area is 154 Å². The van der Waals surface area contributed by atoms with Crippen LogP contribution in [0.3, 0.4) is 0 Å². The van der Waals surface area contributed by atoms with Gasteiger partial charge >= 0.3 is 0 Å². The Morgan fingerprint density at radius 3 is 2.88 bits per heavy atom. The molecule has 1 aromatic carbocycles. The first-order chi connectivity index (χ1) is 12.8. The van der Waals surface area contributed by atoms with Crippen LogP contribution in [0.4, 0.5) is 0 Å². The van der Waals surface area contributed by atoms with E-state index in [1.165, 1.54) is 5.56 Å². The van der Waals surface area contributed by atoms with E-state index in [-0.39, 0.29) is 6.10 Å². The van der Waals surface area contributed by atoms with Gasteiger partial charge in [-0.2, -0.15) is 0 Å². The second-order valence-electron chi connectivity index (χ2n) is 7.02. The van der Waals surface area contributed by atoms with E-state index in [1.54, 1.807) is 0 Å². The van der Waals surface area contributed by atoms with Gasteiger partial charge in [-0.25, -0.2) is 5.10 Å². The number of unbranched alkanes of at least 4 members (excludes halogenated alkanes) is 1. The monoisotopic (exact) mass is 356 g/mol. The zero-order valence-electron chi connectivity index (χ0n) is 15.1. The van der Waals surface area contributed by atoms with Gasteiger partial charge in [0.05, 0.1) is 19.3 Å². The van der Waals surface area contributed by atoms with E-state index < -0.39 is 0 Å². The van der Waals surface area contributed by atoms with Gasteiger partial charge in [-0.1, -0.05) is 42.5 Å². The third-order valence-corrected chi connectivity index (χ3v) is 5.12. The predicted octanol–water partition coefficient (Wildman–Crippen LogP) is 3.07. The number of benzene rings is 1. The van der Waals surface area contributed by atoms with Gasteiger partial charge in [-0.3, -0.25) is 0 Å². The molecule has 1 saturated carbocycles. The van der Waals surface area contributed by atoms with E-state index >= 15 is 0 Å². The fourth-order valence-corrected chi connectivity index (χ4v) is 3.63. The summed E-state index contributed by atoms with van der Waals surface area (Å²) in [4.78, 5) is 0. The molecule has 0 amide bonds. The Hall–Kier alpha value is -2.05. The summed E-state index contributed by atoms with van der Waals surface area (Å²) in [5, 5.41) is 24.1. The van der Waals surface area contributed by atoms with Gasteiger partial charge in [-0.05, 0) is 59.9 Å². The van der Waals surface area contributed by atoms with Crippen LogP contribution in [-0.4, -0.2) is 38.4 Å². The van der Waals surface area contributed by atoms with Gasteiger partial charge in [0, 0.05) is 6.42 Å². The number of nitrogens with zero attached hydrogens (tertiary/aromatic N) is 3. The summed E-state index contributed by atoms with van der Waals surface area (Å²) in [5.74, 6) is 1.58. The van der Waals surface area contributed by atoms with Crippen LogP contribution in [0.2, 0.25) is 0 Å². The van der Waals surface area contributed by atoms with Crippen LogP contribution < -0.4 is 0 Å². The van der Waals surface area contributed by atoms with Crippen molar-refractivity contribution < 1.29 is 9.84 Å². The van der Waals surface area contributed by atoms with Crippen LogP contribution in [-0.2, 0) is 17.8 Å². The lowest BCUT2D eigenvalue weighted by molar-refractivity contribution is 0.0518. The Balaban J connectivity index is 1.35. The molecule has 1 heterocycles. The number of rotatable bonds is 10. The number of hydrogen-bond acceptors (Lipinski definition) is 5. The number of aromatic nitrogens is 4. The second-order valence-corrected chi connectivity index (χ2v) is 7.02. The van der Waals surface area contributed by atoms with Gasteiger partial charge in [0.2, 0.25) is 0 Å². The first-order valence-corrected chi connectivity index (χ1v) is 9.50. The number of tetrazole rings is 1.